The van der Waals surface area contributed by atoms with E-state index in [-0.39, 0.29) is 74.3 Å². The van der Waals surface area contributed by atoms with Crippen LogP contribution in [0.4, 0.5) is 23.2 Å². The molecule has 1 aliphatic carbocycles. The normalized spacial score (nSPS) is 16.8. The average Bonchev–Trinajstić information content (AvgIpc) is 3.44. The third-order valence-electron chi connectivity index (χ3n) is 10.4. The number of amides is 1. The Kier molecular flexibility index (Phi) is 13.0. The molecule has 0 bridgehead atoms. The molecular formula is C42H38ClF4N3O8S2. The first-order chi connectivity index (χ1) is 28.3. The SMILES string of the molecule is COc1ncc(C2CCc3c(F)cccc3CC2=O)cc1S(C)(=O)=O.COc1ncc(C2CCc3c(F)cccc3N(Cc3c(F)cc(Cl)cc3F)C2=O)cc1S(C)(=O)=O. The van der Waals surface area contributed by atoms with Crippen LogP contribution in [-0.4, -0.2) is 65.2 Å². The molecule has 7 rings (SSSR count). The first-order valence-electron chi connectivity index (χ1n) is 18.3. The van der Waals surface area contributed by atoms with Crippen molar-refractivity contribution in [1.29, 1.82) is 0 Å². The van der Waals surface area contributed by atoms with Gasteiger partial charge in [0.25, 0.3) is 0 Å². The molecule has 2 aliphatic rings. The summed E-state index contributed by atoms with van der Waals surface area (Å²) in [4.78, 5) is 35.4. The lowest BCUT2D eigenvalue weighted by Crippen LogP contribution is -2.34. The van der Waals surface area contributed by atoms with Gasteiger partial charge in [-0.3, -0.25) is 9.59 Å². The number of methoxy groups -OCH3 is 2. The van der Waals surface area contributed by atoms with Crippen molar-refractivity contribution in [2.45, 2.75) is 60.3 Å². The summed E-state index contributed by atoms with van der Waals surface area (Å²) in [6.07, 6.45) is 6.01. The van der Waals surface area contributed by atoms with Crippen LogP contribution in [-0.2, 0) is 55.1 Å². The molecule has 0 radical (unpaired) electrons. The highest BCUT2D eigenvalue weighted by Gasteiger charge is 2.35. The van der Waals surface area contributed by atoms with Crippen LogP contribution in [0.1, 0.15) is 58.1 Å². The van der Waals surface area contributed by atoms with Gasteiger partial charge < -0.3 is 14.4 Å². The third kappa shape index (κ3) is 9.32. The lowest BCUT2D eigenvalue weighted by Gasteiger charge is -2.27. The molecule has 0 saturated heterocycles. The first kappa shape index (κ1) is 44.2. The summed E-state index contributed by atoms with van der Waals surface area (Å²) in [6.45, 7) is -0.525. The number of pyridine rings is 2. The highest BCUT2D eigenvalue weighted by molar-refractivity contribution is 7.91. The van der Waals surface area contributed by atoms with E-state index >= 15 is 0 Å². The number of aromatic nitrogens is 2. The summed E-state index contributed by atoms with van der Waals surface area (Å²) < 4.78 is 116. The predicted molar refractivity (Wildman–Crippen MR) is 214 cm³/mol. The number of benzene rings is 3. The molecule has 2 aromatic heterocycles. The largest absolute Gasteiger partial charge is 0.480 e. The number of carbonyl (C=O) groups excluding carboxylic acids is 2. The second-order valence-electron chi connectivity index (χ2n) is 14.3. The maximum atomic E-state index is 14.7. The van der Waals surface area contributed by atoms with Crippen molar-refractivity contribution in [2.75, 3.05) is 31.6 Å². The molecule has 0 saturated carbocycles. The molecule has 316 valence electrons. The minimum absolute atomic E-state index is 0.00153. The van der Waals surface area contributed by atoms with Gasteiger partial charge in [0.05, 0.1) is 32.4 Å². The number of ether oxygens (including phenoxy) is 2. The van der Waals surface area contributed by atoms with Crippen molar-refractivity contribution in [3.8, 4) is 11.8 Å². The predicted octanol–water partition coefficient (Wildman–Crippen LogP) is 7.30. The van der Waals surface area contributed by atoms with Gasteiger partial charge >= 0.3 is 0 Å². The molecule has 2 atom stereocenters. The van der Waals surface area contributed by atoms with E-state index in [1.807, 2.05) is 0 Å². The maximum Gasteiger partial charge on any atom is 0.234 e. The third-order valence-corrected chi connectivity index (χ3v) is 12.8. The summed E-state index contributed by atoms with van der Waals surface area (Å²) in [5.41, 5.74) is 1.99. The molecule has 60 heavy (non-hydrogen) atoms. The number of anilines is 1. The molecule has 3 aromatic carbocycles. The zero-order valence-electron chi connectivity index (χ0n) is 32.6. The lowest BCUT2D eigenvalue weighted by atomic mass is 9.91. The van der Waals surface area contributed by atoms with Crippen molar-refractivity contribution in [3.05, 3.63) is 135 Å². The van der Waals surface area contributed by atoms with Crippen LogP contribution in [0, 0.1) is 23.3 Å². The molecule has 18 heteroatoms. The molecule has 0 N–H and O–H groups in total. The first-order valence-corrected chi connectivity index (χ1v) is 22.5. The second-order valence-corrected chi connectivity index (χ2v) is 18.7. The van der Waals surface area contributed by atoms with E-state index in [1.165, 1.54) is 63.0 Å². The molecule has 0 spiro atoms. The highest BCUT2D eigenvalue weighted by Crippen LogP contribution is 2.39. The van der Waals surface area contributed by atoms with Crippen molar-refractivity contribution >= 4 is 48.7 Å². The fraction of sp³-hybridized carbons (Fsp3) is 0.286. The number of halogens is 5. The number of sulfone groups is 2. The zero-order chi connectivity index (χ0) is 43.7. The number of ketones is 1. The lowest BCUT2D eigenvalue weighted by molar-refractivity contribution is -0.120. The molecule has 3 heterocycles. The Morgan fingerprint density at radius 2 is 1.22 bits per heavy atom. The Labute approximate surface area is 349 Å². The Hall–Kier alpha value is -5.39. The van der Waals surface area contributed by atoms with Gasteiger partial charge in [-0.1, -0.05) is 29.8 Å². The van der Waals surface area contributed by atoms with E-state index in [2.05, 4.69) is 9.97 Å². The fourth-order valence-electron chi connectivity index (χ4n) is 7.40. The molecule has 1 amide bonds. The molecule has 2 unspecified atom stereocenters. The topological polar surface area (TPSA) is 150 Å². The highest BCUT2D eigenvalue weighted by atomic mass is 35.5. The zero-order valence-corrected chi connectivity index (χ0v) is 35.0. The summed E-state index contributed by atoms with van der Waals surface area (Å²) in [5.74, 6) is -5.05. The van der Waals surface area contributed by atoms with E-state index in [0.717, 1.165) is 29.5 Å². The standard InChI is InChI=1S/C24H20ClF3N2O4S.C18H18FNO4S/c1-34-23-22(35(2,32)33)8-13(11-29-23)15-6-7-16-18(26)4-3-5-21(16)30(24(15)31)12-17-19(27)9-14(25)10-20(17)28;1-24-18-17(25(2,22)23)9-12(10-20-18)14-7-6-13-11(8-16(14)21)4-3-5-15(13)19/h3-5,8-11,15H,6-7,12H2,1-2H3;3-5,9-10,14H,6-8H2,1-2H3. The van der Waals surface area contributed by atoms with Gasteiger partial charge in [0, 0.05) is 53.4 Å². The van der Waals surface area contributed by atoms with Crippen molar-refractivity contribution in [1.82, 2.24) is 9.97 Å². The van der Waals surface area contributed by atoms with Crippen molar-refractivity contribution < 1.29 is 53.5 Å². The van der Waals surface area contributed by atoms with Gasteiger partial charge in [-0.25, -0.2) is 44.4 Å². The van der Waals surface area contributed by atoms with E-state index in [4.69, 9.17) is 21.1 Å². The number of hydrogen-bond donors (Lipinski definition) is 0. The van der Waals surface area contributed by atoms with E-state index < -0.39 is 67.0 Å². The Morgan fingerprint density at radius 3 is 1.77 bits per heavy atom. The number of carbonyl (C=O) groups is 2. The molecule has 11 nitrogen and oxygen atoms in total. The van der Waals surface area contributed by atoms with Crippen LogP contribution in [0.2, 0.25) is 5.02 Å². The summed E-state index contributed by atoms with van der Waals surface area (Å²) in [5, 5.41) is -0.145. The molecule has 5 aromatic rings. The monoisotopic (exact) mass is 887 g/mol. The van der Waals surface area contributed by atoms with Crippen LogP contribution in [0.15, 0.2) is 82.8 Å². The summed E-state index contributed by atoms with van der Waals surface area (Å²) in [7, 11) is -4.70. The van der Waals surface area contributed by atoms with Gasteiger partial charge in [-0.2, -0.15) is 0 Å². The van der Waals surface area contributed by atoms with Gasteiger partial charge in [-0.05, 0) is 90.4 Å². The Balaban J connectivity index is 0.000000213. The number of rotatable bonds is 8. The van der Waals surface area contributed by atoms with Crippen LogP contribution in [0.25, 0.3) is 0 Å². The Morgan fingerprint density at radius 1 is 0.717 bits per heavy atom. The quantitative estimate of drug-likeness (QED) is 0.115. The van der Waals surface area contributed by atoms with E-state index in [0.29, 0.717) is 29.5 Å². The van der Waals surface area contributed by atoms with Gasteiger partial charge in [0.1, 0.15) is 38.8 Å². The number of hydrogen-bond acceptors (Lipinski definition) is 10. The van der Waals surface area contributed by atoms with E-state index in [1.54, 1.807) is 12.1 Å². The van der Waals surface area contributed by atoms with Gasteiger partial charge in [0.2, 0.25) is 17.7 Å². The van der Waals surface area contributed by atoms with Crippen LogP contribution in [0.5, 0.6) is 11.8 Å². The number of fused-ring (bicyclic) bond motifs is 2. The van der Waals surface area contributed by atoms with Crippen LogP contribution < -0.4 is 14.4 Å². The molecule has 0 fully saturated rings. The van der Waals surface area contributed by atoms with Crippen molar-refractivity contribution in [2.24, 2.45) is 0 Å². The minimum atomic E-state index is -3.76. The van der Waals surface area contributed by atoms with Crippen molar-refractivity contribution in [3.63, 3.8) is 0 Å². The Bertz CT molecular complexity index is 2710. The molecular weight excluding hydrogens is 850 g/mol. The number of nitrogens with zero attached hydrogens (tertiary/aromatic N) is 3. The maximum absolute atomic E-state index is 14.7. The summed E-state index contributed by atoms with van der Waals surface area (Å²) in [6, 6.07) is 13.5. The van der Waals surface area contributed by atoms with Gasteiger partial charge in [-0.15, -0.1) is 0 Å². The van der Waals surface area contributed by atoms with Crippen LogP contribution >= 0.6 is 11.6 Å². The average molecular weight is 888 g/mol. The van der Waals surface area contributed by atoms with E-state index in [9.17, 15) is 44.0 Å². The second kappa shape index (κ2) is 17.7. The van der Waals surface area contributed by atoms with Crippen LogP contribution in [0.3, 0.4) is 0 Å². The molecule has 1 aliphatic heterocycles. The van der Waals surface area contributed by atoms with Gasteiger partial charge in [0.15, 0.2) is 19.7 Å². The summed E-state index contributed by atoms with van der Waals surface area (Å²) >= 11 is 5.72. The number of Topliss-reactive ketones (excluding diaryl/α,β-unsaturated/α-hetero) is 1. The fourth-order valence-corrected chi connectivity index (χ4v) is 9.19. The minimum Gasteiger partial charge on any atom is -0.480 e. The smallest absolute Gasteiger partial charge is 0.234 e.